The topological polar surface area (TPSA) is 67.8 Å². The summed E-state index contributed by atoms with van der Waals surface area (Å²) in [5, 5.41) is 5.53. The molecule has 0 fully saturated rings. The van der Waals surface area contributed by atoms with Crippen LogP contribution in [0.2, 0.25) is 0 Å². The summed E-state index contributed by atoms with van der Waals surface area (Å²) in [5.41, 5.74) is -1.24. The first-order valence-electron chi connectivity index (χ1n) is 2.89. The zero-order chi connectivity index (χ0) is 8.27. The summed E-state index contributed by atoms with van der Waals surface area (Å²) in [5.74, 6) is 0.454. The number of aromatic amines is 1. The Morgan fingerprint density at radius 3 is 3.09 bits per heavy atom. The van der Waals surface area contributed by atoms with Crippen molar-refractivity contribution in [3.63, 3.8) is 0 Å². The van der Waals surface area contributed by atoms with Crippen molar-refractivity contribution in [1.29, 1.82) is 0 Å². The van der Waals surface area contributed by atoms with Gasteiger partial charge in [0, 0.05) is 0 Å². The van der Waals surface area contributed by atoms with E-state index in [0.29, 0.717) is 5.88 Å². The molecule has 6 heteroatoms. The number of aromatic nitrogens is 3. The molecule has 5 nitrogen and oxygen atoms in total. The lowest BCUT2D eigenvalue weighted by Crippen LogP contribution is -2.36. The second-order valence-electron chi connectivity index (χ2n) is 1.88. The largest absolute Gasteiger partial charge is 0.330 e. The smallest absolute Gasteiger partial charge is 0.283 e. The molecule has 0 saturated carbocycles. The Balaban J connectivity index is 3.18. The Kier molecular flexibility index (Phi) is 2.48. The van der Waals surface area contributed by atoms with E-state index in [1.807, 2.05) is 6.26 Å². The Hall–Kier alpha value is -1.04. The van der Waals surface area contributed by atoms with E-state index in [2.05, 4.69) is 10.2 Å². The normalized spacial score (nSPS) is 9.91. The Morgan fingerprint density at radius 1 is 1.73 bits per heavy atom. The van der Waals surface area contributed by atoms with E-state index >= 15 is 0 Å². The first-order valence-corrected chi connectivity index (χ1v) is 4.28. The fraction of sp³-hybridized carbons (Fsp3) is 0.400. The molecule has 0 bridgehead atoms. The van der Waals surface area contributed by atoms with Crippen molar-refractivity contribution < 1.29 is 0 Å². The number of hydrogen-bond donors (Lipinski definition) is 1. The molecule has 0 atom stereocenters. The van der Waals surface area contributed by atoms with Gasteiger partial charge >= 0.3 is 11.1 Å². The molecule has 0 radical (unpaired) electrons. The van der Waals surface area contributed by atoms with E-state index in [4.69, 9.17) is 0 Å². The van der Waals surface area contributed by atoms with E-state index in [9.17, 15) is 9.59 Å². The molecule has 0 aliphatic heterocycles. The summed E-state index contributed by atoms with van der Waals surface area (Å²) in [6, 6.07) is 0. The van der Waals surface area contributed by atoms with Crippen molar-refractivity contribution in [2.75, 3.05) is 6.26 Å². The van der Waals surface area contributed by atoms with Crippen LogP contribution in [0.1, 0.15) is 0 Å². The number of nitrogens with zero attached hydrogens (tertiary/aromatic N) is 2. The Bertz CT molecular complexity index is 342. The molecule has 0 aromatic carbocycles. The van der Waals surface area contributed by atoms with E-state index in [1.165, 1.54) is 22.7 Å². The summed E-state index contributed by atoms with van der Waals surface area (Å²) in [6.07, 6.45) is 3.15. The monoisotopic (exact) mass is 173 g/mol. The highest BCUT2D eigenvalue weighted by Gasteiger charge is 1.97. The van der Waals surface area contributed by atoms with Crippen LogP contribution in [0.25, 0.3) is 0 Å². The molecule has 1 aromatic heterocycles. The fourth-order valence-electron chi connectivity index (χ4n) is 0.619. The number of thioether (sulfide) groups is 1. The summed E-state index contributed by atoms with van der Waals surface area (Å²) in [4.78, 5) is 21.6. The molecular weight excluding hydrogens is 166 g/mol. The summed E-state index contributed by atoms with van der Waals surface area (Å²) < 4.78 is 1.25. The van der Waals surface area contributed by atoms with Crippen LogP contribution in [0.5, 0.6) is 0 Å². The fourth-order valence-corrected chi connectivity index (χ4v) is 1.08. The molecular formula is C5H7N3O2S. The summed E-state index contributed by atoms with van der Waals surface area (Å²) in [7, 11) is 0. The molecule has 1 aromatic rings. The van der Waals surface area contributed by atoms with Gasteiger partial charge in [0.15, 0.2) is 0 Å². The van der Waals surface area contributed by atoms with Crippen LogP contribution in [0.15, 0.2) is 15.9 Å². The van der Waals surface area contributed by atoms with Crippen molar-refractivity contribution in [2.24, 2.45) is 0 Å². The lowest BCUT2D eigenvalue weighted by Gasteiger charge is -1.97. The minimum absolute atomic E-state index is 0.454. The molecule has 0 aliphatic rings. The van der Waals surface area contributed by atoms with Gasteiger partial charge in [-0.25, -0.2) is 5.10 Å². The van der Waals surface area contributed by atoms with Crippen molar-refractivity contribution in [3.05, 3.63) is 27.0 Å². The average Bonchev–Trinajstić information content (AvgIpc) is 1.99. The van der Waals surface area contributed by atoms with Gasteiger partial charge in [0.05, 0.1) is 5.88 Å². The van der Waals surface area contributed by atoms with Gasteiger partial charge in [-0.1, -0.05) is 0 Å². The predicted octanol–water partition coefficient (Wildman–Crippen LogP) is -0.748. The van der Waals surface area contributed by atoms with E-state index in [1.54, 1.807) is 0 Å². The highest BCUT2D eigenvalue weighted by Crippen LogP contribution is 1.92. The number of rotatable bonds is 2. The van der Waals surface area contributed by atoms with Crippen LogP contribution in [0, 0.1) is 0 Å². The second-order valence-corrected chi connectivity index (χ2v) is 2.71. The Morgan fingerprint density at radius 2 is 2.45 bits per heavy atom. The van der Waals surface area contributed by atoms with Crippen LogP contribution < -0.4 is 11.1 Å². The quantitative estimate of drug-likeness (QED) is 0.598. The van der Waals surface area contributed by atoms with E-state index in [-0.39, 0.29) is 0 Å². The van der Waals surface area contributed by atoms with Crippen LogP contribution in [-0.2, 0) is 5.88 Å². The molecule has 0 amide bonds. The highest BCUT2D eigenvalue weighted by molar-refractivity contribution is 7.97. The van der Waals surface area contributed by atoms with Gasteiger partial charge < -0.3 is 0 Å². The minimum Gasteiger partial charge on any atom is -0.283 e. The molecule has 11 heavy (non-hydrogen) atoms. The zero-order valence-corrected chi connectivity index (χ0v) is 6.72. The van der Waals surface area contributed by atoms with Gasteiger partial charge in [-0.3, -0.25) is 14.2 Å². The average molecular weight is 173 g/mol. The maximum atomic E-state index is 10.9. The van der Waals surface area contributed by atoms with Gasteiger partial charge in [-0.15, -0.1) is 11.8 Å². The van der Waals surface area contributed by atoms with Crippen LogP contribution >= 0.6 is 11.8 Å². The summed E-state index contributed by atoms with van der Waals surface area (Å²) in [6.45, 7) is 0. The molecule has 0 spiro atoms. The summed E-state index contributed by atoms with van der Waals surface area (Å²) >= 11 is 1.45. The van der Waals surface area contributed by atoms with E-state index < -0.39 is 11.1 Å². The van der Waals surface area contributed by atoms with Crippen LogP contribution in [0.4, 0.5) is 0 Å². The molecule has 1 rings (SSSR count). The maximum Gasteiger partial charge on any atom is 0.330 e. The molecule has 60 valence electrons. The van der Waals surface area contributed by atoms with Crippen molar-refractivity contribution in [3.8, 4) is 0 Å². The van der Waals surface area contributed by atoms with Crippen LogP contribution in [-0.4, -0.2) is 21.0 Å². The number of nitrogens with one attached hydrogen (secondary N) is 1. The minimum atomic E-state index is -0.679. The number of hydrogen-bond acceptors (Lipinski definition) is 4. The lowest BCUT2D eigenvalue weighted by atomic mass is 10.8. The predicted molar refractivity (Wildman–Crippen MR) is 42.6 cm³/mol. The highest BCUT2D eigenvalue weighted by atomic mass is 32.2. The van der Waals surface area contributed by atoms with Crippen LogP contribution in [0.3, 0.4) is 0 Å². The Labute approximate surface area is 66.4 Å². The number of H-pyrrole nitrogens is 1. The third kappa shape index (κ3) is 1.70. The second kappa shape index (κ2) is 3.38. The van der Waals surface area contributed by atoms with Crippen molar-refractivity contribution in [2.45, 2.75) is 5.88 Å². The maximum absolute atomic E-state index is 10.9. The molecule has 0 saturated heterocycles. The SMILES string of the molecule is CSCn1cn[nH]c(=O)c1=O. The lowest BCUT2D eigenvalue weighted by molar-refractivity contribution is 0.742. The van der Waals surface area contributed by atoms with Crippen molar-refractivity contribution >= 4 is 11.8 Å². The molecule has 0 aliphatic carbocycles. The first-order chi connectivity index (χ1) is 5.25. The first kappa shape index (κ1) is 8.06. The van der Waals surface area contributed by atoms with Gasteiger partial charge in [0.25, 0.3) is 0 Å². The molecule has 0 unspecified atom stereocenters. The zero-order valence-electron chi connectivity index (χ0n) is 5.90. The third-order valence-electron chi connectivity index (χ3n) is 1.09. The standard InChI is InChI=1S/C5H7N3O2S/c1-11-3-8-2-6-7-4(9)5(8)10/h2H,3H2,1H3,(H,7,9). The van der Waals surface area contributed by atoms with Gasteiger partial charge in [-0.05, 0) is 6.26 Å². The third-order valence-corrected chi connectivity index (χ3v) is 1.62. The van der Waals surface area contributed by atoms with Gasteiger partial charge in [0.2, 0.25) is 0 Å². The van der Waals surface area contributed by atoms with E-state index in [0.717, 1.165) is 0 Å². The molecule has 1 N–H and O–H groups in total. The molecule has 1 heterocycles. The van der Waals surface area contributed by atoms with Gasteiger partial charge in [0.1, 0.15) is 6.33 Å². The van der Waals surface area contributed by atoms with Crippen molar-refractivity contribution in [1.82, 2.24) is 14.8 Å². The van der Waals surface area contributed by atoms with Gasteiger partial charge in [-0.2, -0.15) is 5.10 Å².